The van der Waals surface area contributed by atoms with Crippen LogP contribution in [-0.2, 0) is 38.0 Å². The van der Waals surface area contributed by atoms with Gasteiger partial charge >= 0.3 is 18.3 Å². The fourth-order valence-electron chi connectivity index (χ4n) is 6.97. The Labute approximate surface area is 363 Å². The third-order valence-corrected chi connectivity index (χ3v) is 9.60. The molecule has 12 atom stereocenters. The fourth-order valence-corrected chi connectivity index (χ4v) is 6.97. The first-order valence-corrected chi connectivity index (χ1v) is 20.9. The van der Waals surface area contributed by atoms with Gasteiger partial charge in [0.1, 0.15) is 58.7 Å². The zero-order chi connectivity index (χ0) is 46.8. The van der Waals surface area contributed by atoms with Crippen molar-refractivity contribution < 1.29 is 77.9 Å². The molecule has 22 heteroatoms. The molecule has 2 aliphatic heterocycles. The number of likely N-dealkylation sites (N-methyl/N-ethyl adjacent to an activating group) is 1. The lowest BCUT2D eigenvalue weighted by atomic mass is 9.82. The summed E-state index contributed by atoms with van der Waals surface area (Å²) in [5.74, 6) is -0.551. The molecule has 2 heterocycles. The lowest BCUT2D eigenvalue weighted by Crippen LogP contribution is -2.70. The summed E-state index contributed by atoms with van der Waals surface area (Å²) in [5.41, 5.74) is -4.13. The highest BCUT2D eigenvalue weighted by molar-refractivity contribution is 5.81. The van der Waals surface area contributed by atoms with E-state index in [4.69, 9.17) is 33.2 Å². The Balaban J connectivity index is 2.02. The summed E-state index contributed by atoms with van der Waals surface area (Å²) in [6.07, 6.45) is -11.8. The zero-order valence-electron chi connectivity index (χ0n) is 37.8. The number of nitrogens with one attached hydrogen (secondary N) is 6. The normalized spacial score (nSPS) is 31.1. The minimum Gasteiger partial charge on any atom is -0.466 e. The molecule has 0 radical (unpaired) electrons. The number of carbonyl (C=O) groups excluding carboxylic acids is 4. The van der Waals surface area contributed by atoms with Crippen LogP contribution in [0, 0.1) is 0 Å². The molecule has 3 rings (SSSR count). The largest absolute Gasteiger partial charge is 0.466 e. The Morgan fingerprint density at radius 1 is 0.806 bits per heavy atom. The molecular weight excluding hydrogens is 820 g/mol. The molecule has 358 valence electrons. The van der Waals surface area contributed by atoms with Crippen molar-refractivity contribution in [2.24, 2.45) is 0 Å². The molecule has 0 aromatic rings. The number of hydrogen-bond acceptors (Lipinski definition) is 18. The third kappa shape index (κ3) is 16.8. The molecule has 0 spiro atoms. The summed E-state index contributed by atoms with van der Waals surface area (Å²) in [5, 5.41) is 71.3. The van der Waals surface area contributed by atoms with Crippen molar-refractivity contribution in [3.05, 3.63) is 11.8 Å². The van der Waals surface area contributed by atoms with Crippen LogP contribution in [0.3, 0.4) is 0 Å². The number of aliphatic hydroxyl groups is 5. The number of aliphatic hydroxyl groups excluding tert-OH is 4. The SMILES string of the molecule is CNC1C(O)C(OC2C(NC(=O)C(O)CCNC(=O)OC(C)(C)C)CC(NC(=O)OC(C)(C)C)C(OC3OC(CNCCO)=CCC3NC(=O)OC(C)(C)C)C2O)OCC1(C)O. The first kappa shape index (κ1) is 52.8. The van der Waals surface area contributed by atoms with Gasteiger partial charge in [0, 0.05) is 13.1 Å². The number of rotatable bonds is 16. The van der Waals surface area contributed by atoms with E-state index in [9.17, 15) is 44.7 Å². The van der Waals surface area contributed by atoms with Gasteiger partial charge in [-0.05, 0) is 102 Å². The Hall–Kier alpha value is -3.58. The van der Waals surface area contributed by atoms with E-state index in [1.807, 2.05) is 0 Å². The van der Waals surface area contributed by atoms with Crippen molar-refractivity contribution >= 4 is 24.2 Å². The van der Waals surface area contributed by atoms with Gasteiger partial charge in [-0.25, -0.2) is 14.4 Å². The molecule has 1 saturated carbocycles. The van der Waals surface area contributed by atoms with Gasteiger partial charge in [0.2, 0.25) is 12.2 Å². The van der Waals surface area contributed by atoms with Crippen LogP contribution in [0.25, 0.3) is 0 Å². The van der Waals surface area contributed by atoms with Gasteiger partial charge in [-0.2, -0.15) is 0 Å². The predicted octanol–water partition coefficient (Wildman–Crippen LogP) is -0.663. The van der Waals surface area contributed by atoms with Crippen LogP contribution in [0.2, 0.25) is 0 Å². The summed E-state index contributed by atoms with van der Waals surface area (Å²) in [6, 6.07) is -4.31. The van der Waals surface area contributed by atoms with Gasteiger partial charge in [-0.1, -0.05) is 0 Å². The minimum absolute atomic E-state index is 0.144. The van der Waals surface area contributed by atoms with Crippen molar-refractivity contribution in [3.63, 3.8) is 0 Å². The number of amides is 4. The fraction of sp³-hybridized carbons (Fsp3) is 0.850. The smallest absolute Gasteiger partial charge is 0.408 e. The quantitative estimate of drug-likeness (QED) is 0.0677. The minimum atomic E-state index is -1.79. The van der Waals surface area contributed by atoms with E-state index in [0.29, 0.717) is 5.76 Å². The van der Waals surface area contributed by atoms with Crippen LogP contribution in [0.4, 0.5) is 14.4 Å². The molecule has 0 aromatic carbocycles. The Kier molecular flexibility index (Phi) is 19.0. The molecule has 1 aliphatic carbocycles. The van der Waals surface area contributed by atoms with Crippen molar-refractivity contribution in [1.82, 2.24) is 31.9 Å². The summed E-state index contributed by atoms with van der Waals surface area (Å²) in [4.78, 5) is 52.2. The van der Waals surface area contributed by atoms with Gasteiger partial charge in [0.05, 0.1) is 43.9 Å². The molecule has 2 fully saturated rings. The van der Waals surface area contributed by atoms with E-state index < -0.39 is 114 Å². The molecule has 0 aromatic heterocycles. The average molecular weight is 893 g/mol. The van der Waals surface area contributed by atoms with Crippen LogP contribution in [0.15, 0.2) is 11.8 Å². The maximum absolute atomic E-state index is 13.6. The zero-order valence-corrected chi connectivity index (χ0v) is 37.8. The molecule has 12 unspecified atom stereocenters. The monoisotopic (exact) mass is 893 g/mol. The van der Waals surface area contributed by atoms with E-state index in [0.717, 1.165) is 0 Å². The van der Waals surface area contributed by atoms with Crippen LogP contribution in [0.5, 0.6) is 0 Å². The summed E-state index contributed by atoms with van der Waals surface area (Å²) >= 11 is 0. The molecule has 11 N–H and O–H groups in total. The highest BCUT2D eigenvalue weighted by Gasteiger charge is 2.53. The Morgan fingerprint density at radius 3 is 1.89 bits per heavy atom. The van der Waals surface area contributed by atoms with Crippen molar-refractivity contribution in [2.45, 2.75) is 178 Å². The molecular formula is C40H72N6O16. The predicted molar refractivity (Wildman–Crippen MR) is 220 cm³/mol. The van der Waals surface area contributed by atoms with E-state index >= 15 is 0 Å². The van der Waals surface area contributed by atoms with Crippen LogP contribution >= 0.6 is 0 Å². The molecule has 22 nitrogen and oxygen atoms in total. The van der Waals surface area contributed by atoms with Gasteiger partial charge in [-0.3, -0.25) is 4.79 Å². The molecule has 3 aliphatic rings. The van der Waals surface area contributed by atoms with E-state index in [1.54, 1.807) is 68.4 Å². The molecule has 4 amide bonds. The van der Waals surface area contributed by atoms with E-state index in [1.165, 1.54) is 14.0 Å². The molecule has 1 saturated heterocycles. The van der Waals surface area contributed by atoms with Crippen LogP contribution in [-0.4, -0.2) is 179 Å². The van der Waals surface area contributed by atoms with Crippen LogP contribution in [0.1, 0.15) is 88.5 Å². The molecule has 0 bridgehead atoms. The Bertz CT molecular complexity index is 1510. The Morgan fingerprint density at radius 2 is 1.34 bits per heavy atom. The van der Waals surface area contributed by atoms with Crippen molar-refractivity contribution in [3.8, 4) is 0 Å². The van der Waals surface area contributed by atoms with Crippen LogP contribution < -0.4 is 31.9 Å². The van der Waals surface area contributed by atoms with Crippen molar-refractivity contribution in [2.75, 3.05) is 39.9 Å². The lowest BCUT2D eigenvalue weighted by Gasteiger charge is -2.49. The second-order valence-electron chi connectivity index (χ2n) is 18.9. The third-order valence-electron chi connectivity index (χ3n) is 9.60. The second kappa shape index (κ2) is 22.4. The summed E-state index contributed by atoms with van der Waals surface area (Å²) in [6.45, 7) is 16.3. The summed E-state index contributed by atoms with van der Waals surface area (Å²) in [7, 11) is 1.52. The number of alkyl carbamates (subject to hydrolysis) is 3. The van der Waals surface area contributed by atoms with Gasteiger partial charge in [0.15, 0.2) is 6.29 Å². The number of ether oxygens (including phenoxy) is 7. The topological polar surface area (TPSA) is 306 Å². The van der Waals surface area contributed by atoms with E-state index in [2.05, 4.69) is 31.9 Å². The number of carbonyl (C=O) groups is 4. The van der Waals surface area contributed by atoms with Gasteiger partial charge < -0.3 is 90.6 Å². The maximum Gasteiger partial charge on any atom is 0.408 e. The van der Waals surface area contributed by atoms with Crippen molar-refractivity contribution in [1.29, 1.82) is 0 Å². The first-order valence-electron chi connectivity index (χ1n) is 20.9. The van der Waals surface area contributed by atoms with E-state index in [-0.39, 0.29) is 52.1 Å². The standard InChI is InChI=1S/C40H72N6O16/c1-37(2,3)60-34(52)43-15-14-25(48)31(51)44-23-18-24(46-36(54)62-39(7,8)9)29(26(49)28(23)59-33-27(50)30(41-11)40(10,55)20-56-33)58-32-22(45-35(53)61-38(4,5)6)13-12-21(57-32)19-42-16-17-47/h12,22-30,32-33,41-42,47-50,55H,13-20H2,1-11H3,(H,43,52)(H,44,51)(H,45,53)(H,46,54). The highest BCUT2D eigenvalue weighted by atomic mass is 16.7. The first-order chi connectivity index (χ1) is 28.6. The van der Waals surface area contributed by atoms with Gasteiger partial charge in [0.25, 0.3) is 0 Å². The highest BCUT2D eigenvalue weighted by Crippen LogP contribution is 2.33. The van der Waals surface area contributed by atoms with Gasteiger partial charge in [-0.15, -0.1) is 0 Å². The number of hydrogen-bond donors (Lipinski definition) is 11. The maximum atomic E-state index is 13.6. The molecule has 62 heavy (non-hydrogen) atoms. The second-order valence-corrected chi connectivity index (χ2v) is 18.9. The average Bonchev–Trinajstić information content (AvgIpc) is 3.11. The lowest BCUT2D eigenvalue weighted by molar-refractivity contribution is -0.304. The summed E-state index contributed by atoms with van der Waals surface area (Å²) < 4.78 is 41.0.